The summed E-state index contributed by atoms with van der Waals surface area (Å²) in [7, 11) is 0. The Morgan fingerprint density at radius 1 is 1.17 bits per heavy atom. The number of aromatic amines is 1. The highest BCUT2D eigenvalue weighted by Gasteiger charge is 2.16. The molecule has 3 aromatic heterocycles. The van der Waals surface area contributed by atoms with Crippen LogP contribution in [-0.4, -0.2) is 34.7 Å². The van der Waals surface area contributed by atoms with Crippen molar-refractivity contribution < 1.29 is 4.39 Å². The van der Waals surface area contributed by atoms with Crippen LogP contribution in [0.2, 0.25) is 0 Å². The summed E-state index contributed by atoms with van der Waals surface area (Å²) in [5.74, 6) is 0.242. The van der Waals surface area contributed by atoms with Crippen LogP contribution < -0.4 is 5.73 Å². The molecule has 3 N–H and O–H groups in total. The van der Waals surface area contributed by atoms with Gasteiger partial charge in [-0.25, -0.2) is 19.3 Å². The predicted octanol–water partition coefficient (Wildman–Crippen LogP) is 1.38. The first-order valence-corrected chi connectivity index (χ1v) is 6.80. The van der Waals surface area contributed by atoms with Crippen molar-refractivity contribution in [1.82, 2.24) is 34.7 Å². The first kappa shape index (κ1) is 13.3. The van der Waals surface area contributed by atoms with Crippen LogP contribution >= 0.6 is 0 Å². The van der Waals surface area contributed by atoms with Gasteiger partial charge < -0.3 is 10.3 Å². The largest absolute Gasteiger partial charge is 0.368 e. The average molecular weight is 310 g/mol. The van der Waals surface area contributed by atoms with E-state index in [1.165, 1.54) is 12.4 Å². The van der Waals surface area contributed by atoms with Gasteiger partial charge >= 0.3 is 0 Å². The zero-order chi connectivity index (χ0) is 15.8. The second-order valence-corrected chi connectivity index (χ2v) is 4.90. The molecular weight excluding hydrogens is 299 g/mol. The Bertz CT molecular complexity index is 976. The van der Waals surface area contributed by atoms with Gasteiger partial charge in [0.1, 0.15) is 23.4 Å². The van der Waals surface area contributed by atoms with Gasteiger partial charge in [0.05, 0.1) is 12.9 Å². The highest BCUT2D eigenvalue weighted by molar-refractivity contribution is 5.85. The summed E-state index contributed by atoms with van der Waals surface area (Å²) >= 11 is 0. The number of halogens is 1. The number of hydrogen-bond acceptors (Lipinski definition) is 6. The van der Waals surface area contributed by atoms with E-state index in [0.29, 0.717) is 28.2 Å². The van der Waals surface area contributed by atoms with Crippen molar-refractivity contribution in [3.63, 3.8) is 0 Å². The lowest BCUT2D eigenvalue weighted by molar-refractivity contribution is 0.601. The van der Waals surface area contributed by atoms with E-state index in [4.69, 9.17) is 5.73 Å². The molecule has 0 aliphatic carbocycles. The van der Waals surface area contributed by atoms with Crippen molar-refractivity contribution in [2.24, 2.45) is 0 Å². The van der Waals surface area contributed by atoms with Crippen molar-refractivity contribution in [3.8, 4) is 11.5 Å². The molecule has 114 valence electrons. The predicted molar refractivity (Wildman–Crippen MR) is 80.6 cm³/mol. The maximum Gasteiger partial charge on any atom is 0.222 e. The van der Waals surface area contributed by atoms with Gasteiger partial charge in [-0.2, -0.15) is 10.1 Å². The zero-order valence-electron chi connectivity index (χ0n) is 11.8. The molecule has 0 aliphatic rings. The highest BCUT2D eigenvalue weighted by Crippen LogP contribution is 2.23. The third-order valence-corrected chi connectivity index (χ3v) is 3.42. The Hall–Kier alpha value is -3.36. The van der Waals surface area contributed by atoms with E-state index in [-0.39, 0.29) is 18.3 Å². The van der Waals surface area contributed by atoms with Gasteiger partial charge in [0.25, 0.3) is 0 Å². The van der Waals surface area contributed by atoms with E-state index < -0.39 is 0 Å². The van der Waals surface area contributed by atoms with Crippen molar-refractivity contribution in [3.05, 3.63) is 48.3 Å². The number of rotatable bonds is 3. The van der Waals surface area contributed by atoms with Crippen molar-refractivity contribution in [2.75, 3.05) is 5.73 Å². The van der Waals surface area contributed by atoms with Gasteiger partial charge in [0.15, 0.2) is 11.5 Å². The molecule has 0 saturated carbocycles. The van der Waals surface area contributed by atoms with Crippen molar-refractivity contribution in [1.29, 1.82) is 0 Å². The van der Waals surface area contributed by atoms with Gasteiger partial charge in [-0.05, 0) is 6.07 Å². The smallest absolute Gasteiger partial charge is 0.222 e. The topological polar surface area (TPSA) is 111 Å². The SMILES string of the molecule is Nc1nc(-c2ncn[nH]2)c2ncn(Cc3ccccc3F)c2n1. The van der Waals surface area contributed by atoms with Crippen molar-refractivity contribution in [2.45, 2.75) is 6.54 Å². The van der Waals surface area contributed by atoms with E-state index in [2.05, 4.69) is 30.1 Å². The molecule has 4 rings (SSSR count). The van der Waals surface area contributed by atoms with Crippen LogP contribution in [0.3, 0.4) is 0 Å². The summed E-state index contributed by atoms with van der Waals surface area (Å²) in [5.41, 5.74) is 7.80. The fraction of sp³-hybridized carbons (Fsp3) is 0.0714. The lowest BCUT2D eigenvalue weighted by Crippen LogP contribution is -2.04. The fourth-order valence-electron chi connectivity index (χ4n) is 2.37. The molecule has 23 heavy (non-hydrogen) atoms. The van der Waals surface area contributed by atoms with Gasteiger partial charge in [-0.3, -0.25) is 5.10 Å². The second-order valence-electron chi connectivity index (χ2n) is 4.90. The van der Waals surface area contributed by atoms with E-state index in [9.17, 15) is 4.39 Å². The van der Waals surface area contributed by atoms with Crippen molar-refractivity contribution >= 4 is 17.1 Å². The first-order valence-electron chi connectivity index (χ1n) is 6.80. The van der Waals surface area contributed by atoms with Crippen LogP contribution in [0.15, 0.2) is 36.9 Å². The number of nitrogen functional groups attached to an aromatic ring is 1. The molecular formula is C14H11FN8. The Morgan fingerprint density at radius 2 is 2.04 bits per heavy atom. The van der Waals surface area contributed by atoms with E-state index >= 15 is 0 Å². The molecule has 0 bridgehead atoms. The molecule has 0 fully saturated rings. The molecule has 3 heterocycles. The Morgan fingerprint density at radius 3 is 2.83 bits per heavy atom. The van der Waals surface area contributed by atoms with Crippen LogP contribution in [-0.2, 0) is 6.54 Å². The number of hydrogen-bond donors (Lipinski definition) is 2. The Balaban J connectivity index is 1.85. The van der Waals surface area contributed by atoms with Gasteiger partial charge in [-0.15, -0.1) is 0 Å². The Labute approximate surface area is 129 Å². The molecule has 0 radical (unpaired) electrons. The number of nitrogens with zero attached hydrogens (tertiary/aromatic N) is 6. The third kappa shape index (κ3) is 2.27. The minimum atomic E-state index is -0.285. The molecule has 0 aliphatic heterocycles. The molecule has 0 unspecified atom stereocenters. The minimum absolute atomic E-state index is 0.0826. The zero-order valence-corrected chi connectivity index (χ0v) is 11.8. The van der Waals surface area contributed by atoms with Crippen LogP contribution in [0.1, 0.15) is 5.56 Å². The summed E-state index contributed by atoms with van der Waals surface area (Å²) in [5, 5.41) is 6.52. The van der Waals surface area contributed by atoms with Gasteiger partial charge in [0, 0.05) is 5.56 Å². The number of aromatic nitrogens is 7. The minimum Gasteiger partial charge on any atom is -0.368 e. The van der Waals surface area contributed by atoms with Gasteiger partial charge in [0.2, 0.25) is 5.95 Å². The second kappa shape index (κ2) is 5.13. The molecule has 9 heteroatoms. The summed E-state index contributed by atoms with van der Waals surface area (Å²) < 4.78 is 15.6. The number of benzene rings is 1. The highest BCUT2D eigenvalue weighted by atomic mass is 19.1. The van der Waals surface area contributed by atoms with Crippen LogP contribution in [0.25, 0.3) is 22.7 Å². The molecule has 0 atom stereocenters. The van der Waals surface area contributed by atoms with E-state index in [1.54, 1.807) is 29.1 Å². The molecule has 0 spiro atoms. The molecule has 8 nitrogen and oxygen atoms in total. The maximum absolute atomic E-state index is 13.8. The first-order chi connectivity index (χ1) is 11.2. The number of fused-ring (bicyclic) bond motifs is 1. The van der Waals surface area contributed by atoms with Gasteiger partial charge in [-0.1, -0.05) is 18.2 Å². The Kier molecular flexibility index (Phi) is 2.97. The molecule has 0 amide bonds. The lowest BCUT2D eigenvalue weighted by Gasteiger charge is -2.06. The molecule has 0 saturated heterocycles. The lowest BCUT2D eigenvalue weighted by atomic mass is 10.2. The standard InChI is InChI=1S/C14H11FN8/c15-9-4-2-1-3-8(9)5-23-7-18-11-10(12-17-6-19-22-12)20-14(16)21-13(11)23/h1-4,6-7H,5H2,(H2,16,20,21)(H,17,19,22). The quantitative estimate of drug-likeness (QED) is 0.591. The van der Waals surface area contributed by atoms with Crippen LogP contribution in [0.5, 0.6) is 0 Å². The molecule has 4 aromatic rings. The summed E-state index contributed by atoms with van der Waals surface area (Å²) in [6.45, 7) is 0.287. The molecule has 1 aromatic carbocycles. The van der Waals surface area contributed by atoms with Crippen LogP contribution in [0.4, 0.5) is 10.3 Å². The number of imidazole rings is 1. The number of H-pyrrole nitrogens is 1. The summed E-state index contributed by atoms with van der Waals surface area (Å²) in [6.07, 6.45) is 2.95. The third-order valence-electron chi connectivity index (χ3n) is 3.42. The average Bonchev–Trinajstić information content (AvgIpc) is 3.19. The summed E-state index contributed by atoms with van der Waals surface area (Å²) in [4.78, 5) is 16.8. The van der Waals surface area contributed by atoms with E-state index in [1.807, 2.05) is 0 Å². The van der Waals surface area contributed by atoms with E-state index in [0.717, 1.165) is 0 Å². The number of nitrogens with two attached hydrogens (primary N) is 1. The number of nitrogens with one attached hydrogen (secondary N) is 1. The summed E-state index contributed by atoms with van der Waals surface area (Å²) in [6, 6.07) is 6.55. The van der Waals surface area contributed by atoms with Crippen LogP contribution in [0, 0.1) is 5.82 Å². The maximum atomic E-state index is 13.8. The fourth-order valence-corrected chi connectivity index (χ4v) is 2.37. The normalized spacial score (nSPS) is 11.2. The number of anilines is 1. The monoisotopic (exact) mass is 310 g/mol.